The fourth-order valence-corrected chi connectivity index (χ4v) is 2.38. The Kier molecular flexibility index (Phi) is 4.58. The first-order valence-electron chi connectivity index (χ1n) is 4.63. The summed E-state index contributed by atoms with van der Waals surface area (Å²) in [5.41, 5.74) is 0. The zero-order chi connectivity index (χ0) is 10.6. The van der Waals surface area contributed by atoms with Gasteiger partial charge in [0.05, 0.1) is 9.21 Å². The molecule has 1 atom stereocenters. The Hall–Kier alpha value is -0.380. The van der Waals surface area contributed by atoms with Crippen LogP contribution < -0.4 is 5.32 Å². The lowest BCUT2D eigenvalue weighted by Gasteiger charge is -2.11. The molecule has 0 aliphatic rings. The summed E-state index contributed by atoms with van der Waals surface area (Å²) in [6.07, 6.45) is 0.856. The van der Waals surface area contributed by atoms with Gasteiger partial charge in [-0.15, -0.1) is 11.3 Å². The monoisotopic (exact) mass is 231 g/mol. The average Bonchev–Trinajstić information content (AvgIpc) is 2.60. The molecule has 1 heterocycles. The van der Waals surface area contributed by atoms with E-state index in [0.717, 1.165) is 17.8 Å². The number of Topliss-reactive ketones (excluding diaryl/α,β-unsaturated/α-hetero) is 1. The number of hydrogen-bond donors (Lipinski definition) is 1. The minimum Gasteiger partial charge on any atom is -0.319 e. The van der Waals surface area contributed by atoms with Crippen molar-refractivity contribution < 1.29 is 4.79 Å². The first-order chi connectivity index (χ1) is 6.69. The van der Waals surface area contributed by atoms with Crippen LogP contribution in [0.4, 0.5) is 0 Å². The van der Waals surface area contributed by atoms with Crippen LogP contribution in [0.2, 0.25) is 4.34 Å². The molecule has 0 spiro atoms. The Balaban J connectivity index is 2.72. The van der Waals surface area contributed by atoms with Crippen LogP contribution in [0.25, 0.3) is 0 Å². The Bertz CT molecular complexity index is 311. The molecule has 4 heteroatoms. The van der Waals surface area contributed by atoms with E-state index in [-0.39, 0.29) is 11.7 Å². The van der Waals surface area contributed by atoms with E-state index in [2.05, 4.69) is 5.32 Å². The number of rotatable bonds is 5. The van der Waals surface area contributed by atoms with Gasteiger partial charge in [-0.3, -0.25) is 4.79 Å². The van der Waals surface area contributed by atoms with Crippen molar-refractivity contribution in [1.29, 1.82) is 0 Å². The van der Waals surface area contributed by atoms with E-state index in [1.807, 2.05) is 14.0 Å². The van der Waals surface area contributed by atoms with Crippen LogP contribution in [0.5, 0.6) is 0 Å². The molecule has 0 aromatic carbocycles. The van der Waals surface area contributed by atoms with Crippen molar-refractivity contribution in [3.05, 3.63) is 21.3 Å². The maximum atomic E-state index is 11.9. The van der Waals surface area contributed by atoms with Gasteiger partial charge in [0.25, 0.3) is 0 Å². The van der Waals surface area contributed by atoms with E-state index < -0.39 is 0 Å². The molecular weight excluding hydrogens is 218 g/mol. The van der Waals surface area contributed by atoms with Crippen molar-refractivity contribution >= 4 is 28.7 Å². The topological polar surface area (TPSA) is 29.1 Å². The Morgan fingerprint density at radius 3 is 2.79 bits per heavy atom. The molecule has 1 aromatic heterocycles. The average molecular weight is 232 g/mol. The third-order valence-electron chi connectivity index (χ3n) is 2.13. The van der Waals surface area contributed by atoms with Crippen molar-refractivity contribution in [2.75, 3.05) is 13.6 Å². The van der Waals surface area contributed by atoms with E-state index >= 15 is 0 Å². The number of ketones is 1. The predicted molar refractivity (Wildman–Crippen MR) is 61.4 cm³/mol. The number of carbonyl (C=O) groups is 1. The van der Waals surface area contributed by atoms with Crippen molar-refractivity contribution in [3.8, 4) is 0 Å². The molecule has 78 valence electrons. The smallest absolute Gasteiger partial charge is 0.177 e. The lowest BCUT2D eigenvalue weighted by Crippen LogP contribution is -2.25. The quantitative estimate of drug-likeness (QED) is 0.790. The molecule has 1 N–H and O–H groups in total. The predicted octanol–water partition coefficient (Wildman–Crippen LogP) is 2.83. The van der Waals surface area contributed by atoms with Gasteiger partial charge in [-0.25, -0.2) is 0 Å². The van der Waals surface area contributed by atoms with Crippen LogP contribution in [0.1, 0.15) is 23.0 Å². The molecule has 0 fully saturated rings. The van der Waals surface area contributed by atoms with Crippen LogP contribution >= 0.6 is 22.9 Å². The van der Waals surface area contributed by atoms with E-state index in [9.17, 15) is 4.79 Å². The van der Waals surface area contributed by atoms with Crippen LogP contribution in [-0.4, -0.2) is 19.4 Å². The van der Waals surface area contributed by atoms with Crippen molar-refractivity contribution in [3.63, 3.8) is 0 Å². The summed E-state index contributed by atoms with van der Waals surface area (Å²) < 4.78 is 0.674. The minimum atomic E-state index is 0.0646. The second-order valence-electron chi connectivity index (χ2n) is 3.13. The van der Waals surface area contributed by atoms with Gasteiger partial charge in [0.1, 0.15) is 0 Å². The third kappa shape index (κ3) is 2.80. The van der Waals surface area contributed by atoms with Crippen LogP contribution in [0.3, 0.4) is 0 Å². The number of nitrogens with one attached hydrogen (secondary N) is 1. The molecule has 14 heavy (non-hydrogen) atoms. The molecule has 0 saturated carbocycles. The maximum absolute atomic E-state index is 11.9. The van der Waals surface area contributed by atoms with Gasteiger partial charge in [0, 0.05) is 12.5 Å². The molecule has 0 aliphatic heterocycles. The van der Waals surface area contributed by atoms with Crippen molar-refractivity contribution in [2.24, 2.45) is 5.92 Å². The van der Waals surface area contributed by atoms with Gasteiger partial charge in [-0.1, -0.05) is 18.5 Å². The second kappa shape index (κ2) is 5.49. The normalized spacial score (nSPS) is 12.8. The van der Waals surface area contributed by atoms with Crippen LogP contribution in [0, 0.1) is 5.92 Å². The van der Waals surface area contributed by atoms with E-state index in [4.69, 9.17) is 11.6 Å². The summed E-state index contributed by atoms with van der Waals surface area (Å²) in [5, 5.41) is 3.03. The lowest BCUT2D eigenvalue weighted by atomic mass is 10.0. The first kappa shape index (κ1) is 11.7. The lowest BCUT2D eigenvalue weighted by molar-refractivity contribution is 0.0921. The molecule has 0 saturated heterocycles. The van der Waals surface area contributed by atoms with E-state index in [1.54, 1.807) is 12.1 Å². The minimum absolute atomic E-state index is 0.0646. The number of carbonyl (C=O) groups excluding carboxylic acids is 1. The molecule has 0 amide bonds. The Morgan fingerprint density at radius 2 is 2.36 bits per heavy atom. The fourth-order valence-electron chi connectivity index (χ4n) is 1.32. The largest absolute Gasteiger partial charge is 0.319 e. The summed E-state index contributed by atoms with van der Waals surface area (Å²) >= 11 is 7.13. The number of thiophene rings is 1. The first-order valence-corrected chi connectivity index (χ1v) is 5.82. The molecule has 1 aromatic rings. The zero-order valence-corrected chi connectivity index (χ0v) is 9.91. The van der Waals surface area contributed by atoms with Gasteiger partial charge in [0.2, 0.25) is 0 Å². The van der Waals surface area contributed by atoms with Crippen molar-refractivity contribution in [2.45, 2.75) is 13.3 Å². The fraction of sp³-hybridized carbons (Fsp3) is 0.500. The molecule has 0 aliphatic carbocycles. The molecule has 0 bridgehead atoms. The zero-order valence-electron chi connectivity index (χ0n) is 8.34. The van der Waals surface area contributed by atoms with Gasteiger partial charge < -0.3 is 5.32 Å². The summed E-state index contributed by atoms with van der Waals surface area (Å²) in [7, 11) is 1.86. The Morgan fingerprint density at radius 1 is 1.64 bits per heavy atom. The maximum Gasteiger partial charge on any atom is 0.177 e. The van der Waals surface area contributed by atoms with Crippen LogP contribution in [0.15, 0.2) is 12.1 Å². The Labute approximate surface area is 93.3 Å². The highest BCUT2D eigenvalue weighted by atomic mass is 35.5. The molecular formula is C10H14ClNOS. The van der Waals surface area contributed by atoms with Gasteiger partial charge in [-0.2, -0.15) is 0 Å². The highest BCUT2D eigenvalue weighted by Crippen LogP contribution is 2.24. The highest BCUT2D eigenvalue weighted by Gasteiger charge is 2.18. The van der Waals surface area contributed by atoms with E-state index in [0.29, 0.717) is 4.34 Å². The standard InChI is InChI=1S/C10H14ClNOS/c1-3-7(6-12-2)10(13)8-4-5-9(11)14-8/h4-5,7,12H,3,6H2,1-2H3. The van der Waals surface area contributed by atoms with Crippen molar-refractivity contribution in [1.82, 2.24) is 5.32 Å². The SMILES string of the molecule is CCC(CNC)C(=O)c1ccc(Cl)s1. The van der Waals surface area contributed by atoms with E-state index in [1.165, 1.54) is 11.3 Å². The summed E-state index contributed by atoms with van der Waals surface area (Å²) in [4.78, 5) is 12.7. The summed E-state index contributed by atoms with van der Waals surface area (Å²) in [6.45, 7) is 2.75. The second-order valence-corrected chi connectivity index (χ2v) is 4.85. The molecule has 1 unspecified atom stereocenters. The van der Waals surface area contributed by atoms with Gasteiger partial charge >= 0.3 is 0 Å². The number of halogens is 1. The summed E-state index contributed by atoms with van der Waals surface area (Å²) in [5.74, 6) is 0.258. The van der Waals surface area contributed by atoms with Crippen LogP contribution in [-0.2, 0) is 0 Å². The van der Waals surface area contributed by atoms with Gasteiger partial charge in [-0.05, 0) is 25.6 Å². The summed E-state index contributed by atoms with van der Waals surface area (Å²) in [6, 6.07) is 3.57. The third-order valence-corrected chi connectivity index (χ3v) is 3.38. The van der Waals surface area contributed by atoms with Gasteiger partial charge in [0.15, 0.2) is 5.78 Å². The molecule has 2 nitrogen and oxygen atoms in total. The highest BCUT2D eigenvalue weighted by molar-refractivity contribution is 7.18. The number of hydrogen-bond acceptors (Lipinski definition) is 3. The molecule has 0 radical (unpaired) electrons. The molecule has 1 rings (SSSR count).